The first-order chi connectivity index (χ1) is 11.3. The summed E-state index contributed by atoms with van der Waals surface area (Å²) in [6.45, 7) is 5.63. The van der Waals surface area contributed by atoms with E-state index in [2.05, 4.69) is 15.8 Å². The van der Waals surface area contributed by atoms with E-state index in [4.69, 9.17) is 23.8 Å². The van der Waals surface area contributed by atoms with Gasteiger partial charge in [-0.3, -0.25) is 10.1 Å². The summed E-state index contributed by atoms with van der Waals surface area (Å²) < 4.78 is 0. The van der Waals surface area contributed by atoms with Crippen LogP contribution in [-0.2, 0) is 0 Å². The zero-order valence-corrected chi connectivity index (χ0v) is 15.0. The number of amides is 1. The third kappa shape index (κ3) is 4.37. The van der Waals surface area contributed by atoms with Crippen molar-refractivity contribution in [2.45, 2.75) is 20.8 Å². The SMILES string of the molecule is Cc1cc(C)cc(C(=O)NC(=S)Nc2cc(Cl)c(N=O)cc2C)c1. The summed E-state index contributed by atoms with van der Waals surface area (Å²) >= 11 is 11.1. The van der Waals surface area contributed by atoms with Gasteiger partial charge in [0, 0.05) is 11.3 Å². The standard InChI is InChI=1S/C17H16ClN3O2S/c1-9-4-10(2)6-12(5-9)16(22)20-17(24)19-14-8-13(18)15(21-23)7-11(14)3/h4-8H,1-3H3,(H2,19,20,22,24). The summed E-state index contributed by atoms with van der Waals surface area (Å²) in [7, 11) is 0. The molecule has 7 heteroatoms. The van der Waals surface area contributed by atoms with Gasteiger partial charge in [-0.05, 0) is 68.0 Å². The van der Waals surface area contributed by atoms with Crippen LogP contribution in [0.1, 0.15) is 27.0 Å². The summed E-state index contributed by atoms with van der Waals surface area (Å²) in [6, 6.07) is 8.66. The topological polar surface area (TPSA) is 70.6 Å². The molecule has 0 bridgehead atoms. The van der Waals surface area contributed by atoms with Gasteiger partial charge < -0.3 is 5.32 Å². The van der Waals surface area contributed by atoms with E-state index in [1.54, 1.807) is 31.2 Å². The second-order valence-corrected chi connectivity index (χ2v) is 6.31. The Labute approximate surface area is 150 Å². The number of benzene rings is 2. The predicted octanol–water partition coefficient (Wildman–Crippen LogP) is 4.79. The lowest BCUT2D eigenvalue weighted by Gasteiger charge is -2.13. The van der Waals surface area contributed by atoms with Gasteiger partial charge in [-0.15, -0.1) is 4.91 Å². The lowest BCUT2D eigenvalue weighted by atomic mass is 10.1. The highest BCUT2D eigenvalue weighted by Crippen LogP contribution is 2.30. The van der Waals surface area contributed by atoms with E-state index >= 15 is 0 Å². The molecule has 0 spiro atoms. The molecule has 0 fully saturated rings. The Morgan fingerprint density at radius 1 is 1.08 bits per heavy atom. The number of carbonyl (C=O) groups excluding carboxylic acids is 1. The molecule has 0 aliphatic rings. The van der Waals surface area contributed by atoms with Crippen LogP contribution in [0, 0.1) is 25.7 Å². The highest BCUT2D eigenvalue weighted by molar-refractivity contribution is 7.80. The summed E-state index contributed by atoms with van der Waals surface area (Å²) in [6.07, 6.45) is 0. The molecule has 2 aromatic carbocycles. The van der Waals surface area contributed by atoms with Crippen molar-refractivity contribution < 1.29 is 4.79 Å². The molecular weight excluding hydrogens is 346 g/mol. The van der Waals surface area contributed by atoms with Crippen LogP contribution in [-0.4, -0.2) is 11.0 Å². The summed E-state index contributed by atoms with van der Waals surface area (Å²) in [4.78, 5) is 22.9. The van der Waals surface area contributed by atoms with Gasteiger partial charge in [0.1, 0.15) is 5.69 Å². The molecule has 0 unspecified atom stereocenters. The van der Waals surface area contributed by atoms with Crippen LogP contribution in [0.15, 0.2) is 35.5 Å². The first-order valence-electron chi connectivity index (χ1n) is 7.14. The van der Waals surface area contributed by atoms with Crippen molar-refractivity contribution in [1.29, 1.82) is 0 Å². The number of nitrogens with one attached hydrogen (secondary N) is 2. The molecule has 0 aromatic heterocycles. The van der Waals surface area contributed by atoms with Crippen molar-refractivity contribution in [3.63, 3.8) is 0 Å². The Bertz CT molecular complexity index is 817. The number of nitroso groups, excluding NO2 is 1. The van der Waals surface area contributed by atoms with Gasteiger partial charge in [0.05, 0.1) is 5.02 Å². The molecule has 24 heavy (non-hydrogen) atoms. The highest BCUT2D eigenvalue weighted by atomic mass is 35.5. The summed E-state index contributed by atoms with van der Waals surface area (Å²) in [5.74, 6) is -0.297. The smallest absolute Gasteiger partial charge is 0.257 e. The van der Waals surface area contributed by atoms with E-state index in [0.29, 0.717) is 11.3 Å². The second-order valence-electron chi connectivity index (χ2n) is 5.49. The number of nitrogens with zero attached hydrogens (tertiary/aromatic N) is 1. The average Bonchev–Trinajstić information content (AvgIpc) is 2.49. The van der Waals surface area contributed by atoms with Crippen LogP contribution in [0.2, 0.25) is 5.02 Å². The molecular formula is C17H16ClN3O2S. The quantitative estimate of drug-likeness (QED) is 0.609. The Balaban J connectivity index is 2.12. The van der Waals surface area contributed by atoms with Gasteiger partial charge in [0.2, 0.25) is 0 Å². The summed E-state index contributed by atoms with van der Waals surface area (Å²) in [5, 5.41) is 8.73. The Hall–Kier alpha value is -2.31. The molecule has 0 aliphatic carbocycles. The number of hydrogen-bond acceptors (Lipinski definition) is 4. The van der Waals surface area contributed by atoms with E-state index in [0.717, 1.165) is 16.7 Å². The van der Waals surface area contributed by atoms with Crippen LogP contribution in [0.25, 0.3) is 0 Å². The Morgan fingerprint density at radius 2 is 1.71 bits per heavy atom. The fourth-order valence-corrected chi connectivity index (χ4v) is 2.71. The fraction of sp³-hybridized carbons (Fsp3) is 0.176. The molecule has 1 amide bonds. The van der Waals surface area contributed by atoms with Crippen LogP contribution < -0.4 is 10.6 Å². The van der Waals surface area contributed by atoms with Crippen molar-refractivity contribution in [3.05, 3.63) is 62.5 Å². The molecule has 0 aliphatic heterocycles. The predicted molar refractivity (Wildman–Crippen MR) is 101 cm³/mol. The molecule has 2 N–H and O–H groups in total. The average molecular weight is 362 g/mol. The van der Waals surface area contributed by atoms with Crippen molar-refractivity contribution in [3.8, 4) is 0 Å². The monoisotopic (exact) mass is 361 g/mol. The van der Waals surface area contributed by atoms with Gasteiger partial charge in [-0.2, -0.15) is 0 Å². The maximum absolute atomic E-state index is 12.3. The van der Waals surface area contributed by atoms with Crippen LogP contribution in [0.5, 0.6) is 0 Å². The van der Waals surface area contributed by atoms with Gasteiger partial charge in [0.25, 0.3) is 5.91 Å². The van der Waals surface area contributed by atoms with Gasteiger partial charge in [-0.1, -0.05) is 28.8 Å². The normalized spacial score (nSPS) is 10.2. The maximum atomic E-state index is 12.3. The van der Waals surface area contributed by atoms with Gasteiger partial charge in [0.15, 0.2) is 5.11 Å². The minimum absolute atomic E-state index is 0.144. The molecule has 0 radical (unpaired) electrons. The molecule has 0 saturated heterocycles. The van der Waals surface area contributed by atoms with Crippen molar-refractivity contribution >= 4 is 46.2 Å². The number of anilines is 1. The molecule has 0 saturated carbocycles. The second kappa shape index (κ2) is 7.51. The van der Waals surface area contributed by atoms with E-state index in [9.17, 15) is 9.70 Å². The third-order valence-electron chi connectivity index (χ3n) is 3.35. The lowest BCUT2D eigenvalue weighted by molar-refractivity contribution is 0.0977. The minimum Gasteiger partial charge on any atom is -0.332 e. The minimum atomic E-state index is -0.297. The molecule has 5 nitrogen and oxygen atoms in total. The molecule has 0 heterocycles. The number of hydrogen-bond donors (Lipinski definition) is 2. The first kappa shape index (κ1) is 18.0. The number of halogens is 1. The highest BCUT2D eigenvalue weighted by Gasteiger charge is 2.11. The lowest BCUT2D eigenvalue weighted by Crippen LogP contribution is -2.34. The van der Waals surface area contributed by atoms with E-state index in [1.807, 2.05) is 19.9 Å². The summed E-state index contributed by atoms with van der Waals surface area (Å²) in [5.41, 5.74) is 4.02. The maximum Gasteiger partial charge on any atom is 0.257 e. The largest absolute Gasteiger partial charge is 0.332 e. The molecule has 2 aromatic rings. The Kier molecular flexibility index (Phi) is 5.64. The van der Waals surface area contributed by atoms with Crippen molar-refractivity contribution in [2.24, 2.45) is 5.18 Å². The van der Waals surface area contributed by atoms with E-state index in [-0.39, 0.29) is 21.7 Å². The molecule has 2 rings (SSSR count). The third-order valence-corrected chi connectivity index (χ3v) is 3.86. The fourth-order valence-electron chi connectivity index (χ4n) is 2.31. The van der Waals surface area contributed by atoms with Crippen molar-refractivity contribution in [1.82, 2.24) is 5.32 Å². The van der Waals surface area contributed by atoms with Crippen molar-refractivity contribution in [2.75, 3.05) is 5.32 Å². The first-order valence-corrected chi connectivity index (χ1v) is 7.93. The van der Waals surface area contributed by atoms with Gasteiger partial charge in [-0.25, -0.2) is 0 Å². The van der Waals surface area contributed by atoms with Crippen LogP contribution >= 0.6 is 23.8 Å². The number of rotatable bonds is 3. The number of carbonyl (C=O) groups is 1. The Morgan fingerprint density at radius 3 is 2.29 bits per heavy atom. The van der Waals surface area contributed by atoms with Crippen LogP contribution in [0.4, 0.5) is 11.4 Å². The zero-order valence-electron chi connectivity index (χ0n) is 13.4. The number of thiocarbonyl (C=S) groups is 1. The van der Waals surface area contributed by atoms with E-state index < -0.39 is 0 Å². The van der Waals surface area contributed by atoms with E-state index in [1.165, 1.54) is 0 Å². The van der Waals surface area contributed by atoms with Crippen LogP contribution in [0.3, 0.4) is 0 Å². The zero-order chi connectivity index (χ0) is 17.9. The molecule has 124 valence electrons. The molecule has 0 atom stereocenters. The van der Waals surface area contributed by atoms with Gasteiger partial charge >= 0.3 is 0 Å². The number of aryl methyl sites for hydroxylation is 3.